The third-order valence-corrected chi connectivity index (χ3v) is 4.06. The second-order valence-corrected chi connectivity index (χ2v) is 5.91. The molecular weight excluding hydrogens is 355 g/mol. The summed E-state index contributed by atoms with van der Waals surface area (Å²) in [5.74, 6) is -0.378. The van der Waals surface area contributed by atoms with Gasteiger partial charge in [-0.05, 0) is 42.0 Å². The van der Waals surface area contributed by atoms with Gasteiger partial charge in [-0.2, -0.15) is 18.4 Å². The number of carbonyl (C=O) groups excluding carboxylic acids is 1. The molecule has 0 spiro atoms. The average molecular weight is 369 g/mol. The van der Waals surface area contributed by atoms with Crippen LogP contribution in [0.5, 0.6) is 0 Å². The summed E-state index contributed by atoms with van der Waals surface area (Å²) in [6.45, 7) is 3.56. The van der Waals surface area contributed by atoms with Crippen LogP contribution in [0, 0.1) is 11.3 Å². The van der Waals surface area contributed by atoms with Crippen LogP contribution in [0.25, 0.3) is 10.9 Å². The standard InChI is InChI=1S/C20H14F3N3O/c1-2-19(27)25-16-6-7-18-17(9-16)14(10-24)12-26(18)11-13-4-3-5-15(8-13)20(21,22)23/h2-9,12H,1,11H2,(H,25,27). The maximum absolute atomic E-state index is 12.9. The van der Waals surface area contributed by atoms with Crippen LogP contribution in [0.2, 0.25) is 0 Å². The fraction of sp³-hybridized carbons (Fsp3) is 0.100. The summed E-state index contributed by atoms with van der Waals surface area (Å²) < 4.78 is 40.4. The van der Waals surface area contributed by atoms with Crippen LogP contribution < -0.4 is 5.32 Å². The molecule has 1 amide bonds. The second-order valence-electron chi connectivity index (χ2n) is 5.91. The quantitative estimate of drug-likeness (QED) is 0.678. The van der Waals surface area contributed by atoms with Gasteiger partial charge in [-0.15, -0.1) is 0 Å². The largest absolute Gasteiger partial charge is 0.416 e. The minimum absolute atomic E-state index is 0.181. The van der Waals surface area contributed by atoms with Crippen molar-refractivity contribution < 1.29 is 18.0 Å². The molecule has 0 unspecified atom stereocenters. The molecule has 1 aromatic heterocycles. The fourth-order valence-electron chi connectivity index (χ4n) is 2.83. The molecule has 7 heteroatoms. The van der Waals surface area contributed by atoms with E-state index >= 15 is 0 Å². The minimum Gasteiger partial charge on any atom is -0.342 e. The SMILES string of the molecule is C=CC(=O)Nc1ccc2c(c1)c(C#N)cn2Cc1cccc(C(F)(F)F)c1. The van der Waals surface area contributed by atoms with Crippen LogP contribution in [0.3, 0.4) is 0 Å². The van der Waals surface area contributed by atoms with Gasteiger partial charge in [0.1, 0.15) is 6.07 Å². The zero-order chi connectivity index (χ0) is 19.6. The Hall–Kier alpha value is -3.53. The van der Waals surface area contributed by atoms with Crippen molar-refractivity contribution in [3.8, 4) is 6.07 Å². The van der Waals surface area contributed by atoms with E-state index in [9.17, 15) is 23.2 Å². The Bertz CT molecular complexity index is 1070. The number of aromatic nitrogens is 1. The first-order chi connectivity index (χ1) is 12.8. The molecule has 4 nitrogen and oxygen atoms in total. The van der Waals surface area contributed by atoms with Crippen molar-refractivity contribution in [1.82, 2.24) is 4.57 Å². The fourth-order valence-corrected chi connectivity index (χ4v) is 2.83. The molecule has 0 saturated heterocycles. The van der Waals surface area contributed by atoms with Crippen molar-refractivity contribution in [3.05, 3.63) is 78.0 Å². The number of fused-ring (bicyclic) bond motifs is 1. The smallest absolute Gasteiger partial charge is 0.342 e. The van der Waals surface area contributed by atoms with Crippen LogP contribution in [0.15, 0.2) is 61.3 Å². The predicted octanol–water partition coefficient (Wildman–Crippen LogP) is 4.70. The zero-order valence-corrected chi connectivity index (χ0v) is 14.0. The molecule has 0 radical (unpaired) electrons. The number of anilines is 1. The molecular formula is C20H14F3N3O. The molecule has 0 saturated carbocycles. The van der Waals surface area contributed by atoms with E-state index in [0.29, 0.717) is 27.7 Å². The monoisotopic (exact) mass is 369 g/mol. The van der Waals surface area contributed by atoms with Crippen LogP contribution in [0.4, 0.5) is 18.9 Å². The van der Waals surface area contributed by atoms with Crippen molar-refractivity contribution >= 4 is 22.5 Å². The number of nitrogens with one attached hydrogen (secondary N) is 1. The van der Waals surface area contributed by atoms with E-state index in [1.807, 2.05) is 0 Å². The van der Waals surface area contributed by atoms with Crippen molar-refractivity contribution in [2.75, 3.05) is 5.32 Å². The third-order valence-electron chi connectivity index (χ3n) is 4.06. The number of carbonyl (C=O) groups is 1. The Morgan fingerprint density at radius 2 is 2.04 bits per heavy atom. The summed E-state index contributed by atoms with van der Waals surface area (Å²) in [5, 5.41) is 12.6. The van der Waals surface area contributed by atoms with Crippen molar-refractivity contribution in [1.29, 1.82) is 5.26 Å². The maximum Gasteiger partial charge on any atom is 0.416 e. The first kappa shape index (κ1) is 18.3. The van der Waals surface area contributed by atoms with Crippen molar-refractivity contribution in [3.63, 3.8) is 0 Å². The van der Waals surface area contributed by atoms with Crippen molar-refractivity contribution in [2.45, 2.75) is 12.7 Å². The number of alkyl halides is 3. The van der Waals surface area contributed by atoms with Crippen LogP contribution in [-0.4, -0.2) is 10.5 Å². The average Bonchev–Trinajstić information content (AvgIpc) is 2.98. The Labute approximate surface area is 153 Å². The summed E-state index contributed by atoms with van der Waals surface area (Å²) in [6.07, 6.45) is -1.69. The summed E-state index contributed by atoms with van der Waals surface area (Å²) in [6, 6.07) is 12.2. The zero-order valence-electron chi connectivity index (χ0n) is 14.0. The molecule has 2 aromatic carbocycles. The number of nitriles is 1. The van der Waals surface area contributed by atoms with E-state index in [1.54, 1.807) is 35.0 Å². The number of hydrogen-bond acceptors (Lipinski definition) is 2. The number of hydrogen-bond donors (Lipinski definition) is 1. The third kappa shape index (κ3) is 3.85. The molecule has 1 N–H and O–H groups in total. The van der Waals surface area contributed by atoms with Gasteiger partial charge in [0.15, 0.2) is 0 Å². The molecule has 0 fully saturated rings. The van der Waals surface area contributed by atoms with Gasteiger partial charge in [-0.1, -0.05) is 18.7 Å². The second kappa shape index (κ2) is 7.00. The van der Waals surface area contributed by atoms with E-state index in [0.717, 1.165) is 18.2 Å². The molecule has 3 aromatic rings. The van der Waals surface area contributed by atoms with Gasteiger partial charge in [0.25, 0.3) is 0 Å². The van der Waals surface area contributed by atoms with Gasteiger partial charge < -0.3 is 9.88 Å². The van der Waals surface area contributed by atoms with E-state index in [4.69, 9.17) is 0 Å². The lowest BCUT2D eigenvalue weighted by Gasteiger charge is -2.10. The Balaban J connectivity index is 2.00. The molecule has 0 aliphatic carbocycles. The lowest BCUT2D eigenvalue weighted by atomic mass is 10.1. The van der Waals surface area contributed by atoms with Gasteiger partial charge in [-0.3, -0.25) is 4.79 Å². The highest BCUT2D eigenvalue weighted by Crippen LogP contribution is 2.30. The van der Waals surface area contributed by atoms with Gasteiger partial charge in [-0.25, -0.2) is 0 Å². The summed E-state index contributed by atoms with van der Waals surface area (Å²) in [7, 11) is 0. The van der Waals surface area contributed by atoms with Gasteiger partial charge >= 0.3 is 6.18 Å². The molecule has 136 valence electrons. The van der Waals surface area contributed by atoms with Crippen LogP contribution >= 0.6 is 0 Å². The van der Waals surface area contributed by atoms with Crippen LogP contribution in [0.1, 0.15) is 16.7 Å². The number of benzene rings is 2. The van der Waals surface area contributed by atoms with Gasteiger partial charge in [0.05, 0.1) is 11.1 Å². The highest BCUT2D eigenvalue weighted by molar-refractivity contribution is 6.00. The van der Waals surface area contributed by atoms with Gasteiger partial charge in [0, 0.05) is 29.3 Å². The molecule has 27 heavy (non-hydrogen) atoms. The molecule has 0 atom stereocenters. The van der Waals surface area contributed by atoms with E-state index in [2.05, 4.69) is 18.0 Å². The normalized spacial score (nSPS) is 11.2. The first-order valence-corrected chi connectivity index (χ1v) is 7.94. The molecule has 0 bridgehead atoms. The van der Waals surface area contributed by atoms with E-state index in [-0.39, 0.29) is 12.5 Å². The van der Waals surface area contributed by atoms with Gasteiger partial charge in [0.2, 0.25) is 5.91 Å². The Kier molecular flexibility index (Phi) is 4.74. The molecule has 3 rings (SSSR count). The molecule has 0 aliphatic heterocycles. The van der Waals surface area contributed by atoms with E-state index < -0.39 is 11.7 Å². The predicted molar refractivity (Wildman–Crippen MR) is 96.0 cm³/mol. The Morgan fingerprint density at radius 1 is 1.26 bits per heavy atom. The maximum atomic E-state index is 12.9. The number of halogens is 3. The molecule has 0 aliphatic rings. The minimum atomic E-state index is -4.41. The first-order valence-electron chi connectivity index (χ1n) is 7.94. The number of rotatable bonds is 4. The molecule has 1 heterocycles. The lowest BCUT2D eigenvalue weighted by Crippen LogP contribution is -2.07. The van der Waals surface area contributed by atoms with Crippen LogP contribution in [-0.2, 0) is 17.5 Å². The number of nitrogens with zero attached hydrogens (tertiary/aromatic N) is 2. The highest BCUT2D eigenvalue weighted by Gasteiger charge is 2.30. The highest BCUT2D eigenvalue weighted by atomic mass is 19.4. The summed E-state index contributed by atoms with van der Waals surface area (Å²) >= 11 is 0. The van der Waals surface area contributed by atoms with Crippen molar-refractivity contribution in [2.24, 2.45) is 0 Å². The topological polar surface area (TPSA) is 57.8 Å². The lowest BCUT2D eigenvalue weighted by molar-refractivity contribution is -0.137. The van der Waals surface area contributed by atoms with E-state index in [1.165, 1.54) is 6.07 Å². The number of amides is 1. The summed E-state index contributed by atoms with van der Waals surface area (Å²) in [4.78, 5) is 11.4. The Morgan fingerprint density at radius 3 is 2.70 bits per heavy atom. The summed E-state index contributed by atoms with van der Waals surface area (Å²) in [5.41, 5.74) is 1.30.